The number of carbonyl (C=O) groups is 1. The Kier molecular flexibility index (Phi) is 18.9. The van der Waals surface area contributed by atoms with Crippen molar-refractivity contribution in [1.29, 1.82) is 0 Å². The Morgan fingerprint density at radius 1 is 0.919 bits per heavy atom. The predicted molar refractivity (Wildman–Crippen MR) is 140 cm³/mol. The van der Waals surface area contributed by atoms with Crippen molar-refractivity contribution in [3.05, 3.63) is 12.2 Å². The van der Waals surface area contributed by atoms with Crippen LogP contribution >= 0.6 is 0 Å². The highest BCUT2D eigenvalue weighted by Crippen LogP contribution is 2.22. The molecule has 1 rings (SSSR count). The minimum absolute atomic E-state index is 0.140. The van der Waals surface area contributed by atoms with Crippen LogP contribution in [0.3, 0.4) is 0 Å². The zero-order valence-electron chi connectivity index (χ0n) is 22.9. The minimum atomic E-state index is -1.55. The molecular formula is C27H51NO9. The lowest BCUT2D eigenvalue weighted by Crippen LogP contribution is -2.60. The van der Waals surface area contributed by atoms with Gasteiger partial charge in [-0.25, -0.2) is 4.79 Å². The number of methoxy groups -OCH3 is 2. The maximum atomic E-state index is 11.9. The van der Waals surface area contributed by atoms with Crippen molar-refractivity contribution in [1.82, 2.24) is 5.32 Å². The number of aliphatic hydroxyl groups is 4. The molecule has 0 radical (unpaired) electrons. The van der Waals surface area contributed by atoms with E-state index in [1.165, 1.54) is 78.4 Å². The molecule has 218 valence electrons. The highest BCUT2D eigenvalue weighted by atomic mass is 16.7. The molecule has 10 nitrogen and oxygen atoms in total. The van der Waals surface area contributed by atoms with Crippen molar-refractivity contribution in [3.8, 4) is 0 Å². The van der Waals surface area contributed by atoms with Gasteiger partial charge in [0, 0.05) is 7.11 Å². The van der Waals surface area contributed by atoms with Crippen LogP contribution in [0.1, 0.15) is 84.0 Å². The number of aliphatic hydroxyl groups excluding tert-OH is 4. The Balaban J connectivity index is 2.45. The molecule has 1 fully saturated rings. The second kappa shape index (κ2) is 20.7. The smallest absolute Gasteiger partial charge is 0.407 e. The number of ether oxygens (including phenoxy) is 4. The van der Waals surface area contributed by atoms with Crippen LogP contribution in [-0.4, -0.2) is 96.8 Å². The number of nitrogens with one attached hydrogen (secondary N) is 1. The monoisotopic (exact) mass is 533 g/mol. The number of alkyl carbamates (subject to hydrolysis) is 1. The molecule has 5 unspecified atom stereocenters. The van der Waals surface area contributed by atoms with E-state index in [1.807, 2.05) is 12.2 Å². The van der Waals surface area contributed by atoms with Gasteiger partial charge in [-0.05, 0) is 12.8 Å². The van der Waals surface area contributed by atoms with E-state index in [4.69, 9.17) is 18.9 Å². The summed E-state index contributed by atoms with van der Waals surface area (Å²) in [5.74, 6) is 0. The first kappa shape index (κ1) is 33.8. The summed E-state index contributed by atoms with van der Waals surface area (Å²) in [6.45, 7) is 1.54. The number of hydrogen-bond acceptors (Lipinski definition) is 9. The van der Waals surface area contributed by atoms with E-state index < -0.39 is 55.6 Å². The summed E-state index contributed by atoms with van der Waals surface area (Å²) in [7, 11) is 2.76. The van der Waals surface area contributed by atoms with Gasteiger partial charge >= 0.3 is 6.09 Å². The standard InChI is InChI=1S/C27H51NO9/c1-4-5-6-7-8-9-10-11-12-13-14-15-16-17-21(34-2)20(28-27(33)35-3)19-36-26-25(32)24(31)23(30)22(18-29)37-26/h16-17,20-26,29-32H,4-15,18-19H2,1-3H3,(H,28,33)/b17-16+/t20-,21-,22?,23?,24?,25?,26?/m0/s1. The highest BCUT2D eigenvalue weighted by molar-refractivity contribution is 5.67. The summed E-state index contributed by atoms with van der Waals surface area (Å²) in [6, 6.07) is -0.682. The van der Waals surface area contributed by atoms with Gasteiger partial charge in [-0.3, -0.25) is 0 Å². The van der Waals surface area contributed by atoms with Crippen LogP contribution in [0.2, 0.25) is 0 Å². The van der Waals surface area contributed by atoms with E-state index in [0.717, 1.165) is 12.8 Å². The minimum Gasteiger partial charge on any atom is -0.453 e. The molecule has 0 aromatic carbocycles. The van der Waals surface area contributed by atoms with Crippen LogP contribution in [0.25, 0.3) is 0 Å². The molecule has 7 atom stereocenters. The zero-order valence-corrected chi connectivity index (χ0v) is 22.9. The van der Waals surface area contributed by atoms with Crippen molar-refractivity contribution in [2.24, 2.45) is 0 Å². The first-order chi connectivity index (χ1) is 17.9. The Bertz CT molecular complexity index is 604. The number of hydrogen-bond donors (Lipinski definition) is 5. The summed E-state index contributed by atoms with van der Waals surface area (Å²) in [4.78, 5) is 11.9. The fourth-order valence-corrected chi connectivity index (χ4v) is 4.37. The van der Waals surface area contributed by atoms with Crippen molar-refractivity contribution < 1.29 is 44.2 Å². The third kappa shape index (κ3) is 13.4. The molecule has 1 aliphatic rings. The van der Waals surface area contributed by atoms with Crippen LogP contribution in [0.4, 0.5) is 4.79 Å². The third-order valence-corrected chi connectivity index (χ3v) is 6.75. The average Bonchev–Trinajstić information content (AvgIpc) is 2.91. The van der Waals surface area contributed by atoms with Crippen LogP contribution < -0.4 is 5.32 Å². The Morgan fingerprint density at radius 2 is 1.51 bits per heavy atom. The van der Waals surface area contributed by atoms with Gasteiger partial charge in [-0.1, -0.05) is 83.3 Å². The third-order valence-electron chi connectivity index (χ3n) is 6.75. The van der Waals surface area contributed by atoms with Crippen molar-refractivity contribution >= 4 is 6.09 Å². The van der Waals surface area contributed by atoms with Crippen molar-refractivity contribution in [2.45, 2.75) is 127 Å². The predicted octanol–water partition coefficient (Wildman–Crippen LogP) is 2.80. The lowest BCUT2D eigenvalue weighted by molar-refractivity contribution is -0.302. The molecule has 37 heavy (non-hydrogen) atoms. The van der Waals surface area contributed by atoms with Gasteiger partial charge in [0.25, 0.3) is 0 Å². The maximum Gasteiger partial charge on any atom is 0.407 e. The van der Waals surface area contributed by atoms with Gasteiger partial charge in [0.15, 0.2) is 6.29 Å². The molecule has 1 amide bonds. The number of amides is 1. The molecule has 0 aliphatic carbocycles. The molecular weight excluding hydrogens is 482 g/mol. The van der Waals surface area contributed by atoms with Crippen LogP contribution in [0, 0.1) is 0 Å². The summed E-state index contributed by atoms with van der Waals surface area (Å²) in [5.41, 5.74) is 0. The fourth-order valence-electron chi connectivity index (χ4n) is 4.37. The Morgan fingerprint density at radius 3 is 2.05 bits per heavy atom. The van der Waals surface area contributed by atoms with Crippen molar-refractivity contribution in [3.63, 3.8) is 0 Å². The van der Waals surface area contributed by atoms with Gasteiger partial charge in [-0.15, -0.1) is 0 Å². The van der Waals surface area contributed by atoms with Crippen molar-refractivity contribution in [2.75, 3.05) is 27.4 Å². The van der Waals surface area contributed by atoms with Crippen LogP contribution in [0.5, 0.6) is 0 Å². The van der Waals surface area contributed by atoms with E-state index in [1.54, 1.807) is 0 Å². The summed E-state index contributed by atoms with van der Waals surface area (Å²) >= 11 is 0. The summed E-state index contributed by atoms with van der Waals surface area (Å²) in [5, 5.41) is 42.1. The second-order valence-electron chi connectivity index (χ2n) is 9.73. The Labute approximate surface area is 222 Å². The SMILES string of the molecule is CCCCCCCCCCCCC/C=C/[C@H](OC)[C@H](COC1OC(CO)C(O)C(O)C1O)NC(=O)OC. The molecule has 0 saturated carbocycles. The van der Waals surface area contributed by atoms with E-state index >= 15 is 0 Å². The molecule has 1 heterocycles. The van der Waals surface area contributed by atoms with Gasteiger partial charge < -0.3 is 44.7 Å². The van der Waals surface area contributed by atoms with Crippen LogP contribution in [0.15, 0.2) is 12.2 Å². The summed E-state index contributed by atoms with van der Waals surface area (Å²) in [6.07, 6.45) is 10.7. The van der Waals surface area contributed by atoms with Gasteiger partial charge in [0.05, 0.1) is 32.5 Å². The lowest BCUT2D eigenvalue weighted by Gasteiger charge is -2.40. The molecule has 10 heteroatoms. The topological polar surface area (TPSA) is 147 Å². The molecule has 0 bridgehead atoms. The first-order valence-electron chi connectivity index (χ1n) is 13.9. The van der Waals surface area contributed by atoms with Gasteiger partial charge in [-0.2, -0.15) is 0 Å². The molecule has 0 aromatic heterocycles. The summed E-state index contributed by atoms with van der Waals surface area (Å²) < 4.78 is 21.2. The highest BCUT2D eigenvalue weighted by Gasteiger charge is 2.44. The number of rotatable bonds is 20. The largest absolute Gasteiger partial charge is 0.453 e. The number of unbranched alkanes of at least 4 members (excludes halogenated alkanes) is 11. The molecule has 0 aromatic rings. The lowest BCUT2D eigenvalue weighted by atomic mass is 9.99. The molecule has 0 spiro atoms. The Hall–Kier alpha value is -1.27. The normalized spacial score (nSPS) is 25.8. The maximum absolute atomic E-state index is 11.9. The fraction of sp³-hybridized carbons (Fsp3) is 0.889. The average molecular weight is 534 g/mol. The van der Waals surface area contributed by atoms with E-state index in [0.29, 0.717) is 0 Å². The van der Waals surface area contributed by atoms with Gasteiger partial charge in [0.1, 0.15) is 24.4 Å². The van der Waals surface area contributed by atoms with E-state index in [9.17, 15) is 25.2 Å². The van der Waals surface area contributed by atoms with Crippen LogP contribution in [-0.2, 0) is 18.9 Å². The zero-order chi connectivity index (χ0) is 27.5. The van der Waals surface area contributed by atoms with Gasteiger partial charge in [0.2, 0.25) is 0 Å². The van der Waals surface area contributed by atoms with E-state index in [2.05, 4.69) is 12.2 Å². The first-order valence-corrected chi connectivity index (χ1v) is 13.9. The quantitative estimate of drug-likeness (QED) is 0.118. The molecule has 1 aliphatic heterocycles. The van der Waals surface area contributed by atoms with E-state index in [-0.39, 0.29) is 6.61 Å². The molecule has 5 N–H and O–H groups in total. The molecule has 1 saturated heterocycles. The second-order valence-corrected chi connectivity index (χ2v) is 9.73. The number of allylic oxidation sites excluding steroid dienone is 1. The number of carbonyl (C=O) groups excluding carboxylic acids is 1.